The smallest absolute Gasteiger partial charge is 0.258 e. The largest absolute Gasteiger partial charge is 0.322 e. The molecular formula is C23H21FN2O2S. The summed E-state index contributed by atoms with van der Waals surface area (Å²) in [7, 11) is 0. The first-order chi connectivity index (χ1) is 14.0. The van der Waals surface area contributed by atoms with Crippen LogP contribution < -0.4 is 10.6 Å². The Morgan fingerprint density at radius 3 is 2.45 bits per heavy atom. The standard InChI is InChI=1S/C23H21FN2O2S/c1-14-7-12-18-19(13-14)29-23(26-21(27)15-5-3-2-4-6-15)20(18)22(28)25-17-10-8-16(24)9-11-17/h2-6,8-11,14H,7,12-13H2,1H3,(H,25,28)(H,26,27)/t14-/m1/s1. The van der Waals surface area contributed by atoms with E-state index in [2.05, 4.69) is 17.6 Å². The second-order valence-electron chi connectivity index (χ2n) is 7.34. The van der Waals surface area contributed by atoms with E-state index in [1.807, 2.05) is 6.07 Å². The third kappa shape index (κ3) is 4.22. The lowest BCUT2D eigenvalue weighted by Gasteiger charge is -2.18. The number of rotatable bonds is 4. The fourth-order valence-corrected chi connectivity index (χ4v) is 4.97. The van der Waals surface area contributed by atoms with Crippen molar-refractivity contribution in [2.75, 3.05) is 10.6 Å². The van der Waals surface area contributed by atoms with Crippen molar-refractivity contribution in [1.82, 2.24) is 0 Å². The summed E-state index contributed by atoms with van der Waals surface area (Å²) >= 11 is 1.48. The van der Waals surface area contributed by atoms with Crippen LogP contribution >= 0.6 is 11.3 Å². The molecule has 3 aromatic rings. The van der Waals surface area contributed by atoms with Crippen LogP contribution in [0, 0.1) is 11.7 Å². The SMILES string of the molecule is C[C@@H]1CCc2c(sc(NC(=O)c3ccccc3)c2C(=O)Nc2ccc(F)cc2)C1. The molecule has 4 rings (SSSR count). The third-order valence-electron chi connectivity index (χ3n) is 5.10. The molecule has 0 saturated heterocycles. The summed E-state index contributed by atoms with van der Waals surface area (Å²) in [6, 6.07) is 14.6. The van der Waals surface area contributed by atoms with Gasteiger partial charge in [0.1, 0.15) is 10.8 Å². The molecule has 29 heavy (non-hydrogen) atoms. The van der Waals surface area contributed by atoms with Crippen LogP contribution in [0.4, 0.5) is 15.1 Å². The minimum absolute atomic E-state index is 0.243. The highest BCUT2D eigenvalue weighted by Gasteiger charge is 2.28. The molecule has 0 saturated carbocycles. The van der Waals surface area contributed by atoms with Gasteiger partial charge in [-0.3, -0.25) is 9.59 Å². The molecule has 148 valence electrons. The van der Waals surface area contributed by atoms with E-state index in [4.69, 9.17) is 0 Å². The van der Waals surface area contributed by atoms with Gasteiger partial charge in [0.25, 0.3) is 11.8 Å². The maximum absolute atomic E-state index is 13.2. The number of fused-ring (bicyclic) bond motifs is 1. The van der Waals surface area contributed by atoms with Crippen LogP contribution in [0.1, 0.15) is 44.5 Å². The van der Waals surface area contributed by atoms with Crippen molar-refractivity contribution in [2.45, 2.75) is 26.2 Å². The summed E-state index contributed by atoms with van der Waals surface area (Å²) in [5.74, 6) is -0.340. The summed E-state index contributed by atoms with van der Waals surface area (Å²) in [6.07, 6.45) is 2.71. The summed E-state index contributed by atoms with van der Waals surface area (Å²) in [6.45, 7) is 2.20. The van der Waals surface area contributed by atoms with Gasteiger partial charge in [-0.1, -0.05) is 25.1 Å². The van der Waals surface area contributed by atoms with Crippen LogP contribution in [0.15, 0.2) is 54.6 Å². The number of nitrogens with one attached hydrogen (secondary N) is 2. The number of anilines is 2. The Morgan fingerprint density at radius 2 is 1.72 bits per heavy atom. The van der Waals surface area contributed by atoms with Gasteiger partial charge < -0.3 is 10.6 Å². The number of carbonyl (C=O) groups excluding carboxylic acids is 2. The van der Waals surface area contributed by atoms with Crippen molar-refractivity contribution in [3.8, 4) is 0 Å². The summed E-state index contributed by atoms with van der Waals surface area (Å²) < 4.78 is 13.2. The number of benzene rings is 2. The molecule has 0 unspecified atom stereocenters. The first-order valence-corrected chi connectivity index (χ1v) is 10.4. The van der Waals surface area contributed by atoms with Crippen LogP contribution in [0.2, 0.25) is 0 Å². The summed E-state index contributed by atoms with van der Waals surface area (Å²) in [4.78, 5) is 26.9. The molecule has 1 aliphatic carbocycles. The van der Waals surface area contributed by atoms with E-state index >= 15 is 0 Å². The van der Waals surface area contributed by atoms with Gasteiger partial charge in [0, 0.05) is 16.1 Å². The van der Waals surface area contributed by atoms with Gasteiger partial charge in [0.15, 0.2) is 0 Å². The van der Waals surface area contributed by atoms with Gasteiger partial charge in [-0.15, -0.1) is 11.3 Å². The van der Waals surface area contributed by atoms with Crippen molar-refractivity contribution in [2.24, 2.45) is 5.92 Å². The van der Waals surface area contributed by atoms with Gasteiger partial charge in [-0.25, -0.2) is 4.39 Å². The predicted molar refractivity (Wildman–Crippen MR) is 114 cm³/mol. The Labute approximate surface area is 172 Å². The molecule has 2 aromatic carbocycles. The van der Waals surface area contributed by atoms with E-state index in [0.717, 1.165) is 29.7 Å². The number of amides is 2. The summed E-state index contributed by atoms with van der Waals surface area (Å²) in [5, 5.41) is 6.34. The molecular weight excluding hydrogens is 387 g/mol. The zero-order valence-corrected chi connectivity index (χ0v) is 16.8. The van der Waals surface area contributed by atoms with Gasteiger partial charge in [0.2, 0.25) is 0 Å². The highest BCUT2D eigenvalue weighted by molar-refractivity contribution is 7.17. The maximum atomic E-state index is 13.2. The topological polar surface area (TPSA) is 58.2 Å². The molecule has 1 heterocycles. The van der Waals surface area contributed by atoms with E-state index < -0.39 is 0 Å². The fraction of sp³-hybridized carbons (Fsp3) is 0.217. The molecule has 1 atom stereocenters. The van der Waals surface area contributed by atoms with Crippen LogP contribution in [-0.2, 0) is 12.8 Å². The maximum Gasteiger partial charge on any atom is 0.258 e. The number of carbonyl (C=O) groups is 2. The number of hydrogen-bond donors (Lipinski definition) is 2. The third-order valence-corrected chi connectivity index (χ3v) is 6.27. The van der Waals surface area contributed by atoms with Crippen LogP contribution in [0.25, 0.3) is 0 Å². The second kappa shape index (κ2) is 8.17. The van der Waals surface area contributed by atoms with Crippen LogP contribution in [0.5, 0.6) is 0 Å². The molecule has 0 spiro atoms. The summed E-state index contributed by atoms with van der Waals surface area (Å²) in [5.41, 5.74) is 2.58. The second-order valence-corrected chi connectivity index (χ2v) is 8.44. The quantitative estimate of drug-likeness (QED) is 0.597. The minimum Gasteiger partial charge on any atom is -0.322 e. The molecule has 2 amide bonds. The predicted octanol–water partition coefficient (Wildman–Crippen LogP) is 5.52. The van der Waals surface area contributed by atoms with Crippen molar-refractivity contribution in [1.29, 1.82) is 0 Å². The minimum atomic E-state index is -0.360. The molecule has 2 N–H and O–H groups in total. The molecule has 1 aliphatic rings. The van der Waals surface area contributed by atoms with E-state index in [0.29, 0.717) is 27.7 Å². The molecule has 1 aromatic heterocycles. The molecule has 0 radical (unpaired) electrons. The lowest BCUT2D eigenvalue weighted by molar-refractivity contribution is 0.102. The van der Waals surface area contributed by atoms with E-state index in [1.165, 1.54) is 35.6 Å². The lowest BCUT2D eigenvalue weighted by atomic mass is 9.88. The molecule has 4 nitrogen and oxygen atoms in total. The zero-order chi connectivity index (χ0) is 20.4. The normalized spacial score (nSPS) is 15.4. The Morgan fingerprint density at radius 1 is 1.00 bits per heavy atom. The van der Waals surface area contributed by atoms with E-state index in [9.17, 15) is 14.0 Å². The first kappa shape index (κ1) is 19.3. The molecule has 0 fully saturated rings. The van der Waals surface area contributed by atoms with E-state index in [1.54, 1.807) is 24.3 Å². The fourth-order valence-electron chi connectivity index (χ4n) is 3.57. The molecule has 0 aliphatic heterocycles. The molecule has 0 bridgehead atoms. The van der Waals surface area contributed by atoms with Crippen molar-refractivity contribution in [3.63, 3.8) is 0 Å². The van der Waals surface area contributed by atoms with Crippen molar-refractivity contribution in [3.05, 3.63) is 82.0 Å². The zero-order valence-electron chi connectivity index (χ0n) is 16.0. The highest BCUT2D eigenvalue weighted by atomic mass is 32.1. The molecule has 6 heteroatoms. The van der Waals surface area contributed by atoms with Gasteiger partial charge in [0.05, 0.1) is 5.56 Å². The van der Waals surface area contributed by atoms with Gasteiger partial charge >= 0.3 is 0 Å². The first-order valence-electron chi connectivity index (χ1n) is 9.59. The number of halogens is 1. The average Bonchev–Trinajstić information content (AvgIpc) is 3.07. The lowest BCUT2D eigenvalue weighted by Crippen LogP contribution is -2.19. The monoisotopic (exact) mass is 408 g/mol. The Balaban J connectivity index is 1.66. The van der Waals surface area contributed by atoms with Crippen molar-refractivity contribution >= 4 is 33.8 Å². The van der Waals surface area contributed by atoms with Crippen LogP contribution in [-0.4, -0.2) is 11.8 Å². The Bertz CT molecular complexity index is 1040. The number of thiophene rings is 1. The van der Waals surface area contributed by atoms with Crippen LogP contribution in [0.3, 0.4) is 0 Å². The Hall–Kier alpha value is -2.99. The van der Waals surface area contributed by atoms with Gasteiger partial charge in [-0.05, 0) is 67.1 Å². The van der Waals surface area contributed by atoms with E-state index in [-0.39, 0.29) is 17.6 Å². The average molecular weight is 408 g/mol. The Kier molecular flexibility index (Phi) is 5.45. The highest BCUT2D eigenvalue weighted by Crippen LogP contribution is 2.40. The van der Waals surface area contributed by atoms with Crippen molar-refractivity contribution < 1.29 is 14.0 Å². The number of hydrogen-bond acceptors (Lipinski definition) is 3. The van der Waals surface area contributed by atoms with Gasteiger partial charge in [-0.2, -0.15) is 0 Å².